The van der Waals surface area contributed by atoms with Gasteiger partial charge in [0.1, 0.15) is 12.1 Å². The van der Waals surface area contributed by atoms with Crippen LogP contribution in [-0.2, 0) is 19.6 Å². The largest absolute Gasteiger partial charge is 0.447 e. The molecule has 0 saturated heterocycles. The maximum absolute atomic E-state index is 13.3. The first-order chi connectivity index (χ1) is 15.3. The average molecular weight is 438 g/mol. The molecule has 1 N–H and O–H groups in total. The van der Waals surface area contributed by atoms with E-state index in [2.05, 4.69) is 53.3 Å². The van der Waals surface area contributed by atoms with Crippen molar-refractivity contribution < 1.29 is 13.6 Å². The minimum Gasteiger partial charge on any atom is -0.447 e. The van der Waals surface area contributed by atoms with Gasteiger partial charge in [0.05, 0.1) is 6.54 Å². The standard InChI is InChI=1S/C26H32FN3O2/c1-5-19(4)28-26(31)24-17-32-25(29-24)16-30(15-21-8-12-23(27)13-9-21)14-20-6-10-22(11-7-20)18(2)3/h6-13,17-19H,5,14-16H2,1-4H3,(H,28,31). The predicted octanol–water partition coefficient (Wildman–Crippen LogP) is 5.67. The lowest BCUT2D eigenvalue weighted by atomic mass is 10.0. The number of aromatic nitrogens is 1. The number of halogens is 1. The summed E-state index contributed by atoms with van der Waals surface area (Å²) in [4.78, 5) is 18.9. The highest BCUT2D eigenvalue weighted by atomic mass is 19.1. The zero-order valence-electron chi connectivity index (χ0n) is 19.3. The minimum absolute atomic E-state index is 0.0754. The molecule has 32 heavy (non-hydrogen) atoms. The summed E-state index contributed by atoms with van der Waals surface area (Å²) >= 11 is 0. The highest BCUT2D eigenvalue weighted by molar-refractivity contribution is 5.92. The van der Waals surface area contributed by atoms with Gasteiger partial charge in [0.15, 0.2) is 5.69 Å². The van der Waals surface area contributed by atoms with Crippen LogP contribution in [0.15, 0.2) is 59.2 Å². The van der Waals surface area contributed by atoms with E-state index >= 15 is 0 Å². The van der Waals surface area contributed by atoms with Crippen molar-refractivity contribution in [3.05, 3.63) is 88.9 Å². The van der Waals surface area contributed by atoms with Crippen LogP contribution in [0.1, 0.15) is 73.1 Å². The fourth-order valence-corrected chi connectivity index (χ4v) is 3.36. The predicted molar refractivity (Wildman–Crippen MR) is 124 cm³/mol. The Morgan fingerprint density at radius 3 is 2.16 bits per heavy atom. The molecule has 1 heterocycles. The van der Waals surface area contributed by atoms with Gasteiger partial charge in [-0.05, 0) is 48.1 Å². The maximum Gasteiger partial charge on any atom is 0.273 e. The zero-order chi connectivity index (χ0) is 23.1. The Kier molecular flexibility index (Phi) is 8.17. The van der Waals surface area contributed by atoms with E-state index < -0.39 is 0 Å². The summed E-state index contributed by atoms with van der Waals surface area (Å²) in [6.45, 7) is 10.0. The number of carbonyl (C=O) groups excluding carboxylic acids is 1. The zero-order valence-corrected chi connectivity index (χ0v) is 19.3. The first-order valence-electron chi connectivity index (χ1n) is 11.1. The molecule has 0 aliphatic rings. The second-order valence-electron chi connectivity index (χ2n) is 8.58. The van der Waals surface area contributed by atoms with Crippen molar-refractivity contribution in [3.63, 3.8) is 0 Å². The Balaban J connectivity index is 1.74. The van der Waals surface area contributed by atoms with Gasteiger partial charge < -0.3 is 9.73 Å². The Bertz CT molecular complexity index is 997. The van der Waals surface area contributed by atoms with Gasteiger partial charge in [-0.25, -0.2) is 9.37 Å². The van der Waals surface area contributed by atoms with Crippen LogP contribution in [0.3, 0.4) is 0 Å². The summed E-state index contributed by atoms with van der Waals surface area (Å²) < 4.78 is 18.9. The fourth-order valence-electron chi connectivity index (χ4n) is 3.36. The fraction of sp³-hybridized carbons (Fsp3) is 0.385. The first kappa shape index (κ1) is 23.7. The molecule has 1 amide bonds. The topological polar surface area (TPSA) is 58.4 Å². The number of nitrogens with zero attached hydrogens (tertiary/aromatic N) is 2. The quantitative estimate of drug-likeness (QED) is 0.444. The number of benzene rings is 2. The third-order valence-corrected chi connectivity index (χ3v) is 5.51. The lowest BCUT2D eigenvalue weighted by Gasteiger charge is -2.21. The Hall–Kier alpha value is -2.99. The molecule has 0 radical (unpaired) electrons. The molecule has 0 aliphatic heterocycles. The van der Waals surface area contributed by atoms with Crippen molar-refractivity contribution in [3.8, 4) is 0 Å². The van der Waals surface area contributed by atoms with Crippen molar-refractivity contribution in [1.82, 2.24) is 15.2 Å². The van der Waals surface area contributed by atoms with Crippen molar-refractivity contribution >= 4 is 5.91 Å². The Morgan fingerprint density at radius 1 is 1.00 bits per heavy atom. The lowest BCUT2D eigenvalue weighted by Crippen LogP contribution is -2.32. The minimum atomic E-state index is -0.255. The van der Waals surface area contributed by atoms with E-state index in [0.29, 0.717) is 31.4 Å². The van der Waals surface area contributed by atoms with Gasteiger partial charge in [-0.3, -0.25) is 9.69 Å². The van der Waals surface area contributed by atoms with Crippen molar-refractivity contribution in [1.29, 1.82) is 0 Å². The number of nitrogens with one attached hydrogen (secondary N) is 1. The molecule has 3 rings (SSSR count). The normalized spacial score (nSPS) is 12.3. The summed E-state index contributed by atoms with van der Waals surface area (Å²) in [7, 11) is 0. The molecule has 2 aromatic carbocycles. The molecule has 5 nitrogen and oxygen atoms in total. The molecule has 0 saturated carbocycles. The number of hydrogen-bond acceptors (Lipinski definition) is 4. The smallest absolute Gasteiger partial charge is 0.273 e. The SMILES string of the molecule is CCC(C)NC(=O)c1coc(CN(Cc2ccc(F)cc2)Cc2ccc(C(C)C)cc2)n1. The van der Waals surface area contributed by atoms with Crippen LogP contribution in [0, 0.1) is 5.82 Å². The number of oxazole rings is 1. The van der Waals surface area contributed by atoms with Crippen LogP contribution in [0.25, 0.3) is 0 Å². The summed E-state index contributed by atoms with van der Waals surface area (Å²) in [5.74, 6) is 0.463. The van der Waals surface area contributed by atoms with Gasteiger partial charge in [-0.15, -0.1) is 0 Å². The van der Waals surface area contributed by atoms with Gasteiger partial charge in [-0.2, -0.15) is 0 Å². The number of hydrogen-bond donors (Lipinski definition) is 1. The molecule has 0 fully saturated rings. The molecule has 6 heteroatoms. The molecular weight excluding hydrogens is 405 g/mol. The van der Waals surface area contributed by atoms with E-state index in [1.54, 1.807) is 12.1 Å². The molecule has 0 bridgehead atoms. The van der Waals surface area contributed by atoms with E-state index in [0.717, 1.165) is 17.5 Å². The van der Waals surface area contributed by atoms with Crippen molar-refractivity contribution in [2.75, 3.05) is 0 Å². The van der Waals surface area contributed by atoms with E-state index in [-0.39, 0.29) is 23.5 Å². The maximum atomic E-state index is 13.3. The molecule has 1 unspecified atom stereocenters. The first-order valence-corrected chi connectivity index (χ1v) is 11.1. The molecule has 1 aromatic heterocycles. The van der Waals surface area contributed by atoms with Gasteiger partial charge in [0.25, 0.3) is 5.91 Å². The van der Waals surface area contributed by atoms with Crippen molar-refractivity contribution in [2.24, 2.45) is 0 Å². The highest BCUT2D eigenvalue weighted by Gasteiger charge is 2.17. The molecule has 0 spiro atoms. The van der Waals surface area contributed by atoms with Crippen LogP contribution >= 0.6 is 0 Å². The highest BCUT2D eigenvalue weighted by Crippen LogP contribution is 2.18. The second-order valence-corrected chi connectivity index (χ2v) is 8.58. The molecule has 170 valence electrons. The number of amides is 1. The third-order valence-electron chi connectivity index (χ3n) is 5.51. The summed E-state index contributed by atoms with van der Waals surface area (Å²) in [6, 6.07) is 15.1. The van der Waals surface area contributed by atoms with E-state index in [9.17, 15) is 9.18 Å². The summed E-state index contributed by atoms with van der Waals surface area (Å²) in [5.41, 5.74) is 3.73. The van der Waals surface area contributed by atoms with E-state index in [1.807, 2.05) is 13.8 Å². The summed E-state index contributed by atoms with van der Waals surface area (Å²) in [6.07, 6.45) is 2.25. The van der Waals surface area contributed by atoms with Crippen LogP contribution in [0.2, 0.25) is 0 Å². The number of rotatable bonds is 10. The molecular formula is C26H32FN3O2. The summed E-state index contributed by atoms with van der Waals surface area (Å²) in [5, 5.41) is 2.90. The molecule has 3 aromatic rings. The van der Waals surface area contributed by atoms with Gasteiger partial charge >= 0.3 is 0 Å². The Labute approximate surface area is 189 Å². The Morgan fingerprint density at radius 2 is 1.59 bits per heavy atom. The lowest BCUT2D eigenvalue weighted by molar-refractivity contribution is 0.0934. The average Bonchev–Trinajstić information content (AvgIpc) is 3.24. The van der Waals surface area contributed by atoms with Crippen LogP contribution < -0.4 is 5.32 Å². The van der Waals surface area contributed by atoms with Gasteiger partial charge in [0.2, 0.25) is 5.89 Å². The second kappa shape index (κ2) is 11.0. The third kappa shape index (κ3) is 6.76. The molecule has 0 aliphatic carbocycles. The van der Waals surface area contributed by atoms with Gasteiger partial charge in [-0.1, -0.05) is 57.2 Å². The van der Waals surface area contributed by atoms with E-state index in [1.165, 1.54) is 24.0 Å². The van der Waals surface area contributed by atoms with Gasteiger partial charge in [0, 0.05) is 19.1 Å². The number of carbonyl (C=O) groups is 1. The van der Waals surface area contributed by atoms with Crippen molar-refractivity contribution in [2.45, 2.75) is 65.7 Å². The van der Waals surface area contributed by atoms with Crippen LogP contribution in [0.5, 0.6) is 0 Å². The molecule has 1 atom stereocenters. The monoisotopic (exact) mass is 437 g/mol. The van der Waals surface area contributed by atoms with Crippen LogP contribution in [0.4, 0.5) is 4.39 Å². The van der Waals surface area contributed by atoms with Crippen LogP contribution in [-0.4, -0.2) is 21.8 Å². The van der Waals surface area contributed by atoms with E-state index in [4.69, 9.17) is 4.42 Å².